The van der Waals surface area contributed by atoms with Crippen LogP contribution in [-0.4, -0.2) is 11.5 Å². The molecule has 2 N–H and O–H groups in total. The number of aryl methyl sites for hydroxylation is 1. The summed E-state index contributed by atoms with van der Waals surface area (Å²) in [5.41, 5.74) is 10.7. The van der Waals surface area contributed by atoms with Crippen LogP contribution in [0.2, 0.25) is 0 Å². The molecule has 0 amide bonds. The van der Waals surface area contributed by atoms with Gasteiger partial charge in [-0.2, -0.15) is 0 Å². The van der Waals surface area contributed by atoms with Gasteiger partial charge >= 0.3 is 0 Å². The molecule has 3 nitrogen and oxygen atoms in total. The van der Waals surface area contributed by atoms with E-state index in [-0.39, 0.29) is 12.4 Å². The first-order valence-electron chi connectivity index (χ1n) is 6.27. The number of anilines is 2. The number of nitrogen functional groups attached to an aromatic ring is 1. The van der Waals surface area contributed by atoms with Crippen LogP contribution in [0.4, 0.5) is 11.4 Å². The summed E-state index contributed by atoms with van der Waals surface area (Å²) in [6.07, 6.45) is 2.26. The molecule has 2 aromatic rings. The van der Waals surface area contributed by atoms with Crippen LogP contribution in [0.15, 0.2) is 23.6 Å². The predicted octanol–water partition coefficient (Wildman–Crippen LogP) is 3.41. The second-order valence-corrected chi connectivity index (χ2v) is 5.79. The lowest BCUT2D eigenvalue weighted by atomic mass is 10.00. The normalized spacial score (nSPS) is 13.8. The molecule has 0 aliphatic carbocycles. The fourth-order valence-electron chi connectivity index (χ4n) is 2.57. The lowest BCUT2D eigenvalue weighted by Crippen LogP contribution is -2.29. The van der Waals surface area contributed by atoms with Crippen molar-refractivity contribution in [2.45, 2.75) is 26.3 Å². The minimum absolute atomic E-state index is 0. The second-order valence-electron chi connectivity index (χ2n) is 4.73. The quantitative estimate of drug-likeness (QED) is 0.863. The van der Waals surface area contributed by atoms with Crippen molar-refractivity contribution in [2.75, 3.05) is 17.2 Å². The van der Waals surface area contributed by atoms with Gasteiger partial charge < -0.3 is 10.6 Å². The average molecular weight is 296 g/mol. The summed E-state index contributed by atoms with van der Waals surface area (Å²) in [6, 6.07) is 6.21. The Balaban J connectivity index is 0.00000133. The number of aromatic nitrogens is 1. The van der Waals surface area contributed by atoms with Crippen LogP contribution in [-0.2, 0) is 13.0 Å². The molecule has 102 valence electrons. The van der Waals surface area contributed by atoms with Crippen LogP contribution >= 0.6 is 23.7 Å². The predicted molar refractivity (Wildman–Crippen MR) is 84.3 cm³/mol. The molecule has 0 radical (unpaired) electrons. The lowest BCUT2D eigenvalue weighted by Gasteiger charge is -2.31. The molecule has 5 heteroatoms. The summed E-state index contributed by atoms with van der Waals surface area (Å²) in [4.78, 5) is 6.94. The van der Waals surface area contributed by atoms with E-state index in [0.717, 1.165) is 35.9 Å². The number of nitrogens with zero attached hydrogens (tertiary/aromatic N) is 2. The third-order valence-electron chi connectivity index (χ3n) is 3.40. The molecular weight excluding hydrogens is 278 g/mol. The molecule has 0 fully saturated rings. The summed E-state index contributed by atoms with van der Waals surface area (Å²) in [6.45, 7) is 4.03. The first-order chi connectivity index (χ1) is 8.74. The van der Waals surface area contributed by atoms with Crippen molar-refractivity contribution < 1.29 is 0 Å². The standard InChI is InChI=1S/C14H17N3S.ClH/c1-10-16-11(9-18-10)8-17-7-3-4-12-13(15)5-2-6-14(12)17;/h2,5-6,9H,3-4,7-8,15H2,1H3;1H. The molecule has 3 rings (SSSR count). The molecule has 2 heterocycles. The molecule has 0 saturated carbocycles. The van der Waals surface area contributed by atoms with Crippen molar-refractivity contribution in [1.82, 2.24) is 4.98 Å². The molecule has 0 unspecified atom stereocenters. The van der Waals surface area contributed by atoms with Crippen LogP contribution in [0.3, 0.4) is 0 Å². The summed E-state index contributed by atoms with van der Waals surface area (Å²) >= 11 is 1.71. The molecule has 0 bridgehead atoms. The van der Waals surface area contributed by atoms with E-state index < -0.39 is 0 Å². The zero-order chi connectivity index (χ0) is 12.5. The first-order valence-corrected chi connectivity index (χ1v) is 7.15. The van der Waals surface area contributed by atoms with Crippen molar-refractivity contribution >= 4 is 35.1 Å². The molecule has 1 aliphatic rings. The van der Waals surface area contributed by atoms with E-state index in [1.807, 2.05) is 12.1 Å². The highest BCUT2D eigenvalue weighted by Gasteiger charge is 2.19. The molecular formula is C14H18ClN3S. The Kier molecular flexibility index (Phi) is 4.32. The Hall–Kier alpha value is -1.26. The highest BCUT2D eigenvalue weighted by atomic mass is 35.5. The van der Waals surface area contributed by atoms with Crippen LogP contribution in [0, 0.1) is 6.92 Å². The smallest absolute Gasteiger partial charge is 0.0898 e. The van der Waals surface area contributed by atoms with E-state index in [0.29, 0.717) is 0 Å². The Labute approximate surface area is 123 Å². The molecule has 1 aromatic carbocycles. The highest BCUT2D eigenvalue weighted by molar-refractivity contribution is 7.09. The summed E-state index contributed by atoms with van der Waals surface area (Å²) in [7, 11) is 0. The van der Waals surface area contributed by atoms with Crippen LogP contribution in [0.25, 0.3) is 0 Å². The van der Waals surface area contributed by atoms with Gasteiger partial charge in [-0.3, -0.25) is 0 Å². The molecule has 1 aromatic heterocycles. The van der Waals surface area contributed by atoms with Crippen molar-refractivity contribution in [1.29, 1.82) is 0 Å². The first kappa shape index (κ1) is 14.2. The van der Waals surface area contributed by atoms with Gasteiger partial charge in [0.25, 0.3) is 0 Å². The van der Waals surface area contributed by atoms with Gasteiger partial charge in [-0.25, -0.2) is 4.98 Å². The van der Waals surface area contributed by atoms with Gasteiger partial charge in [0, 0.05) is 23.3 Å². The Morgan fingerprint density at radius 2 is 2.26 bits per heavy atom. The summed E-state index contributed by atoms with van der Waals surface area (Å²) in [5, 5.41) is 3.28. The fraction of sp³-hybridized carbons (Fsp3) is 0.357. The Bertz CT molecular complexity index is 568. The van der Waals surface area contributed by atoms with Gasteiger partial charge in [0.15, 0.2) is 0 Å². The SMILES string of the molecule is Cc1nc(CN2CCCc3c(N)cccc32)cs1.Cl. The zero-order valence-electron chi connectivity index (χ0n) is 10.9. The Morgan fingerprint density at radius 1 is 1.42 bits per heavy atom. The van der Waals surface area contributed by atoms with E-state index in [4.69, 9.17) is 5.73 Å². The van der Waals surface area contributed by atoms with Gasteiger partial charge in [0.05, 0.1) is 17.2 Å². The van der Waals surface area contributed by atoms with E-state index in [1.54, 1.807) is 11.3 Å². The Morgan fingerprint density at radius 3 is 3.00 bits per heavy atom. The van der Waals surface area contributed by atoms with E-state index >= 15 is 0 Å². The van der Waals surface area contributed by atoms with Crippen LogP contribution < -0.4 is 10.6 Å². The van der Waals surface area contributed by atoms with Crippen LogP contribution in [0.5, 0.6) is 0 Å². The van der Waals surface area contributed by atoms with Gasteiger partial charge in [-0.05, 0) is 37.5 Å². The molecule has 19 heavy (non-hydrogen) atoms. The molecule has 0 saturated heterocycles. The van der Waals surface area contributed by atoms with Gasteiger partial charge in [-0.1, -0.05) is 6.07 Å². The van der Waals surface area contributed by atoms with Gasteiger partial charge in [0.1, 0.15) is 0 Å². The lowest BCUT2D eigenvalue weighted by molar-refractivity contribution is 0.686. The fourth-order valence-corrected chi connectivity index (χ4v) is 3.17. The second kappa shape index (κ2) is 5.80. The van der Waals surface area contributed by atoms with E-state index in [9.17, 15) is 0 Å². The van der Waals surface area contributed by atoms with Crippen molar-refractivity contribution in [2.24, 2.45) is 0 Å². The van der Waals surface area contributed by atoms with E-state index in [1.165, 1.54) is 17.7 Å². The monoisotopic (exact) mass is 295 g/mol. The highest BCUT2D eigenvalue weighted by Crippen LogP contribution is 2.32. The van der Waals surface area contributed by atoms with Crippen molar-refractivity contribution in [3.8, 4) is 0 Å². The zero-order valence-corrected chi connectivity index (χ0v) is 12.6. The number of hydrogen-bond acceptors (Lipinski definition) is 4. The van der Waals surface area contributed by atoms with Gasteiger partial charge in [0.2, 0.25) is 0 Å². The minimum atomic E-state index is 0. The minimum Gasteiger partial charge on any atom is -0.398 e. The third-order valence-corrected chi connectivity index (χ3v) is 4.22. The average Bonchev–Trinajstić information content (AvgIpc) is 2.76. The summed E-state index contributed by atoms with van der Waals surface area (Å²) < 4.78 is 0. The molecule has 0 atom stereocenters. The number of fused-ring (bicyclic) bond motifs is 1. The maximum absolute atomic E-state index is 6.06. The number of thiazole rings is 1. The number of hydrogen-bond donors (Lipinski definition) is 1. The number of nitrogens with two attached hydrogens (primary N) is 1. The maximum atomic E-state index is 6.06. The third kappa shape index (κ3) is 2.85. The van der Waals surface area contributed by atoms with Crippen molar-refractivity contribution in [3.05, 3.63) is 39.8 Å². The number of benzene rings is 1. The number of halogens is 1. The molecule has 1 aliphatic heterocycles. The topological polar surface area (TPSA) is 42.2 Å². The van der Waals surface area contributed by atoms with Crippen molar-refractivity contribution in [3.63, 3.8) is 0 Å². The largest absolute Gasteiger partial charge is 0.398 e. The van der Waals surface area contributed by atoms with E-state index in [2.05, 4.69) is 28.3 Å². The summed E-state index contributed by atoms with van der Waals surface area (Å²) in [5.74, 6) is 0. The maximum Gasteiger partial charge on any atom is 0.0898 e. The van der Waals surface area contributed by atoms with Crippen LogP contribution in [0.1, 0.15) is 22.7 Å². The molecule has 0 spiro atoms. The number of rotatable bonds is 2. The van der Waals surface area contributed by atoms with Gasteiger partial charge in [-0.15, -0.1) is 23.7 Å².